The quantitative estimate of drug-likeness (QED) is 0.587. The van der Waals surface area contributed by atoms with E-state index in [-0.39, 0.29) is 6.42 Å². The number of hydrogen-bond acceptors (Lipinski definition) is 5. The van der Waals surface area contributed by atoms with Crippen LogP contribution in [0, 0.1) is 15.9 Å². The Kier molecular flexibility index (Phi) is 4.64. The Hall–Kier alpha value is -2.07. The Morgan fingerprint density at radius 3 is 2.48 bits per heavy atom. The van der Waals surface area contributed by atoms with Gasteiger partial charge in [-0.1, -0.05) is 0 Å². The standard InChI is InChI=1S/C11H14FN3O5S/c1-11(2,6-10(13)16)14-21(19,20)7-3-4-9(15(17)18)8(12)5-7/h3-5,14H,6H2,1-2H3,(H2,13,16). The molecule has 0 radical (unpaired) electrons. The number of hydrogen-bond donors (Lipinski definition) is 2. The molecule has 0 saturated carbocycles. The maximum Gasteiger partial charge on any atom is 0.304 e. The van der Waals surface area contributed by atoms with Crippen LogP contribution in [0.3, 0.4) is 0 Å². The van der Waals surface area contributed by atoms with Gasteiger partial charge >= 0.3 is 5.69 Å². The van der Waals surface area contributed by atoms with Crippen molar-refractivity contribution in [2.75, 3.05) is 0 Å². The molecule has 1 rings (SSSR count). The molecule has 0 bridgehead atoms. The summed E-state index contributed by atoms with van der Waals surface area (Å²) in [6.07, 6.45) is -0.262. The van der Waals surface area contributed by atoms with Crippen molar-refractivity contribution in [3.8, 4) is 0 Å². The summed E-state index contributed by atoms with van der Waals surface area (Å²) in [5.74, 6) is -1.98. The van der Waals surface area contributed by atoms with E-state index in [2.05, 4.69) is 4.72 Å². The number of nitrogens with one attached hydrogen (secondary N) is 1. The highest BCUT2D eigenvalue weighted by molar-refractivity contribution is 7.89. The van der Waals surface area contributed by atoms with Crippen molar-refractivity contribution in [1.82, 2.24) is 4.72 Å². The SMILES string of the molecule is CC(C)(CC(N)=O)NS(=O)(=O)c1ccc([N+](=O)[O-])c(F)c1. The molecule has 1 amide bonds. The lowest BCUT2D eigenvalue weighted by molar-refractivity contribution is -0.387. The number of halogens is 1. The van der Waals surface area contributed by atoms with E-state index in [4.69, 9.17) is 5.73 Å². The summed E-state index contributed by atoms with van der Waals surface area (Å²) in [5, 5.41) is 10.5. The lowest BCUT2D eigenvalue weighted by Crippen LogP contribution is -2.45. The first-order chi connectivity index (χ1) is 9.44. The molecule has 0 spiro atoms. The molecule has 0 aliphatic rings. The minimum atomic E-state index is -4.15. The van der Waals surface area contributed by atoms with E-state index < -0.39 is 42.8 Å². The van der Waals surface area contributed by atoms with Crippen LogP contribution >= 0.6 is 0 Å². The molecule has 21 heavy (non-hydrogen) atoms. The van der Waals surface area contributed by atoms with Gasteiger partial charge in [0, 0.05) is 24.1 Å². The number of amides is 1. The van der Waals surface area contributed by atoms with Crippen LogP contribution in [-0.2, 0) is 14.8 Å². The molecule has 10 heteroatoms. The lowest BCUT2D eigenvalue weighted by Gasteiger charge is -2.24. The Bertz CT molecular complexity index is 687. The monoisotopic (exact) mass is 319 g/mol. The molecule has 0 atom stereocenters. The first-order valence-corrected chi connectivity index (χ1v) is 7.19. The molecule has 1 aromatic carbocycles. The lowest BCUT2D eigenvalue weighted by atomic mass is 10.0. The molecule has 0 aromatic heterocycles. The first-order valence-electron chi connectivity index (χ1n) is 5.71. The molecule has 116 valence electrons. The minimum Gasteiger partial charge on any atom is -0.370 e. The zero-order valence-corrected chi connectivity index (χ0v) is 12.1. The molecule has 0 fully saturated rings. The molecule has 0 saturated heterocycles. The van der Waals surface area contributed by atoms with Gasteiger partial charge in [-0.2, -0.15) is 4.39 Å². The summed E-state index contributed by atoms with van der Waals surface area (Å²) in [6, 6.07) is 2.20. The molecular weight excluding hydrogens is 305 g/mol. The molecular formula is C11H14FN3O5S. The number of benzene rings is 1. The maximum absolute atomic E-state index is 13.5. The van der Waals surface area contributed by atoms with E-state index >= 15 is 0 Å². The van der Waals surface area contributed by atoms with Crippen LogP contribution < -0.4 is 10.5 Å². The Balaban J connectivity index is 3.12. The van der Waals surface area contributed by atoms with E-state index in [0.29, 0.717) is 6.07 Å². The number of nitro groups is 1. The summed E-state index contributed by atoms with van der Waals surface area (Å²) in [7, 11) is -4.15. The van der Waals surface area contributed by atoms with Gasteiger partial charge in [-0.05, 0) is 19.9 Å². The zero-order valence-electron chi connectivity index (χ0n) is 11.3. The van der Waals surface area contributed by atoms with Crippen molar-refractivity contribution in [3.05, 3.63) is 34.1 Å². The number of nitrogens with two attached hydrogens (primary N) is 1. The van der Waals surface area contributed by atoms with Gasteiger partial charge < -0.3 is 5.73 Å². The van der Waals surface area contributed by atoms with Crippen LogP contribution in [0.4, 0.5) is 10.1 Å². The fraction of sp³-hybridized carbons (Fsp3) is 0.364. The van der Waals surface area contributed by atoms with Crippen molar-refractivity contribution in [3.63, 3.8) is 0 Å². The Labute approximate surface area is 120 Å². The summed E-state index contributed by atoms with van der Waals surface area (Å²) < 4.78 is 39.8. The van der Waals surface area contributed by atoms with E-state index in [9.17, 15) is 27.7 Å². The molecule has 0 heterocycles. The second-order valence-corrected chi connectivity index (χ2v) is 6.69. The van der Waals surface area contributed by atoms with Gasteiger partial charge in [0.15, 0.2) is 0 Å². The highest BCUT2D eigenvalue weighted by Crippen LogP contribution is 2.22. The fourth-order valence-corrected chi connectivity index (χ4v) is 3.12. The topological polar surface area (TPSA) is 132 Å². The minimum absolute atomic E-state index is 0.262. The van der Waals surface area contributed by atoms with E-state index in [1.807, 2.05) is 0 Å². The molecule has 0 aliphatic heterocycles. The highest BCUT2D eigenvalue weighted by Gasteiger charge is 2.29. The average Bonchev–Trinajstić information content (AvgIpc) is 2.24. The predicted octanol–water partition coefficient (Wildman–Crippen LogP) is 0.666. The zero-order chi connectivity index (χ0) is 16.4. The largest absolute Gasteiger partial charge is 0.370 e. The number of sulfonamides is 1. The normalized spacial score (nSPS) is 12.1. The summed E-state index contributed by atoms with van der Waals surface area (Å²) >= 11 is 0. The smallest absolute Gasteiger partial charge is 0.304 e. The predicted molar refractivity (Wildman–Crippen MR) is 71.3 cm³/mol. The Morgan fingerprint density at radius 1 is 1.48 bits per heavy atom. The maximum atomic E-state index is 13.5. The van der Waals surface area contributed by atoms with Crippen LogP contribution in [0.1, 0.15) is 20.3 Å². The number of carbonyl (C=O) groups excluding carboxylic acids is 1. The summed E-state index contributed by atoms with van der Waals surface area (Å²) in [5.41, 5.74) is 3.00. The number of primary amides is 1. The van der Waals surface area contributed by atoms with Gasteiger partial charge in [-0.15, -0.1) is 0 Å². The Morgan fingerprint density at radius 2 is 2.05 bits per heavy atom. The van der Waals surface area contributed by atoms with Crippen molar-refractivity contribution >= 4 is 21.6 Å². The summed E-state index contributed by atoms with van der Waals surface area (Å²) in [4.78, 5) is 19.9. The second kappa shape index (κ2) is 5.74. The van der Waals surface area contributed by atoms with Crippen LogP contribution in [0.25, 0.3) is 0 Å². The first kappa shape index (κ1) is 17.0. The number of nitro benzene ring substituents is 1. The number of carbonyl (C=O) groups is 1. The van der Waals surface area contributed by atoms with Gasteiger partial charge in [0.1, 0.15) is 0 Å². The van der Waals surface area contributed by atoms with E-state index in [0.717, 1.165) is 12.1 Å². The fourth-order valence-electron chi connectivity index (χ4n) is 1.70. The van der Waals surface area contributed by atoms with Crippen LogP contribution in [-0.4, -0.2) is 24.8 Å². The van der Waals surface area contributed by atoms with Crippen LogP contribution in [0.5, 0.6) is 0 Å². The van der Waals surface area contributed by atoms with Crippen LogP contribution in [0.15, 0.2) is 23.1 Å². The average molecular weight is 319 g/mol. The second-order valence-electron chi connectivity index (χ2n) is 5.00. The third-order valence-electron chi connectivity index (χ3n) is 2.45. The van der Waals surface area contributed by atoms with Crippen molar-refractivity contribution in [2.45, 2.75) is 30.7 Å². The van der Waals surface area contributed by atoms with Gasteiger partial charge in [0.2, 0.25) is 21.7 Å². The number of rotatable bonds is 6. The van der Waals surface area contributed by atoms with E-state index in [1.54, 1.807) is 0 Å². The van der Waals surface area contributed by atoms with Gasteiger partial charge in [0.25, 0.3) is 0 Å². The summed E-state index contributed by atoms with van der Waals surface area (Å²) in [6.45, 7) is 2.86. The van der Waals surface area contributed by atoms with Crippen molar-refractivity contribution in [1.29, 1.82) is 0 Å². The van der Waals surface area contributed by atoms with Gasteiger partial charge in [0.05, 0.1) is 9.82 Å². The highest BCUT2D eigenvalue weighted by atomic mass is 32.2. The third-order valence-corrected chi connectivity index (χ3v) is 4.15. The van der Waals surface area contributed by atoms with Crippen molar-refractivity contribution < 1.29 is 22.5 Å². The molecule has 8 nitrogen and oxygen atoms in total. The molecule has 0 unspecified atom stereocenters. The van der Waals surface area contributed by atoms with Crippen LogP contribution in [0.2, 0.25) is 0 Å². The van der Waals surface area contributed by atoms with Gasteiger partial charge in [-0.3, -0.25) is 14.9 Å². The molecule has 0 aliphatic carbocycles. The number of nitrogens with zero attached hydrogens (tertiary/aromatic N) is 1. The van der Waals surface area contributed by atoms with E-state index in [1.165, 1.54) is 13.8 Å². The third kappa shape index (κ3) is 4.46. The molecule has 3 N–H and O–H groups in total. The van der Waals surface area contributed by atoms with Crippen molar-refractivity contribution in [2.24, 2.45) is 5.73 Å². The molecule has 1 aromatic rings. The van der Waals surface area contributed by atoms with Gasteiger partial charge in [-0.25, -0.2) is 13.1 Å².